The number of amides is 6. The molecule has 13 heteroatoms. The highest BCUT2D eigenvalue weighted by Gasteiger charge is 2.30. The van der Waals surface area contributed by atoms with E-state index in [1.165, 1.54) is 0 Å². The zero-order valence-corrected chi connectivity index (χ0v) is 24.8. The maximum absolute atomic E-state index is 13.2. The Balaban J connectivity index is 2.00. The summed E-state index contributed by atoms with van der Waals surface area (Å²) in [6, 6.07) is 5.39. The van der Waals surface area contributed by atoms with E-state index in [0.717, 1.165) is 28.3 Å². The lowest BCUT2D eigenvalue weighted by molar-refractivity contribution is -0.154. The van der Waals surface area contributed by atoms with Gasteiger partial charge in [-0.1, -0.05) is 26.0 Å². The number of nitrogens with one attached hydrogen (secondary N) is 4. The number of ether oxygens (including phenoxy) is 1. The highest BCUT2D eigenvalue weighted by molar-refractivity contribution is 6.14. The number of primary amides is 1. The number of carbonyl (C=O) groups is 6. The van der Waals surface area contributed by atoms with E-state index >= 15 is 0 Å². The second-order valence-corrected chi connectivity index (χ2v) is 11.4. The number of nitrogens with two attached hydrogens (primary N) is 1. The van der Waals surface area contributed by atoms with Gasteiger partial charge in [-0.3, -0.25) is 28.9 Å². The number of hydrogen-bond acceptors (Lipinski definition) is 8. The Kier molecular flexibility index (Phi) is 12.5. The predicted molar refractivity (Wildman–Crippen MR) is 156 cm³/mol. The number of esters is 1. The van der Waals surface area contributed by atoms with Crippen LogP contribution in [0.2, 0.25) is 0 Å². The zero-order valence-electron chi connectivity index (χ0n) is 24.8. The van der Waals surface area contributed by atoms with Crippen LogP contribution in [0.3, 0.4) is 0 Å². The van der Waals surface area contributed by atoms with Crippen LogP contribution >= 0.6 is 0 Å². The number of anilines is 1. The average molecular weight is 587 g/mol. The van der Waals surface area contributed by atoms with Gasteiger partial charge in [-0.15, -0.1) is 0 Å². The first-order valence-electron chi connectivity index (χ1n) is 13.8. The quantitative estimate of drug-likeness (QED) is 0.115. The van der Waals surface area contributed by atoms with Crippen molar-refractivity contribution in [2.24, 2.45) is 17.1 Å². The fourth-order valence-electron chi connectivity index (χ4n) is 3.89. The average Bonchev–Trinajstić information content (AvgIpc) is 3.22. The van der Waals surface area contributed by atoms with Crippen molar-refractivity contribution in [3.8, 4) is 0 Å². The molecule has 42 heavy (non-hydrogen) atoms. The SMILES string of the molecule is CC(C)[C@@H](NC(=O)CN1C(=O)C=CC1=O)C(=O)N[C@H](CCCNC(N)=O)CNc1ccc(COC(=O)C(C)(C)C)cc1. The summed E-state index contributed by atoms with van der Waals surface area (Å²) in [4.78, 5) is 73.2. The lowest BCUT2D eigenvalue weighted by Gasteiger charge is -2.27. The molecule has 6 N–H and O–H groups in total. The van der Waals surface area contributed by atoms with Crippen LogP contribution < -0.4 is 27.0 Å². The summed E-state index contributed by atoms with van der Waals surface area (Å²) in [6.45, 7) is 9.21. The Morgan fingerprint density at radius 3 is 2.14 bits per heavy atom. The van der Waals surface area contributed by atoms with E-state index in [0.29, 0.717) is 25.9 Å². The lowest BCUT2D eigenvalue weighted by atomic mass is 9.97. The first kappa shape index (κ1) is 33.8. The summed E-state index contributed by atoms with van der Waals surface area (Å²) in [5.74, 6) is -2.82. The Labute approximate surface area is 246 Å². The Morgan fingerprint density at radius 2 is 1.60 bits per heavy atom. The summed E-state index contributed by atoms with van der Waals surface area (Å²) in [6.07, 6.45) is 3.18. The molecule has 13 nitrogen and oxygen atoms in total. The van der Waals surface area contributed by atoms with Gasteiger partial charge >= 0.3 is 12.0 Å². The first-order chi connectivity index (χ1) is 19.7. The number of nitrogens with zero attached hydrogens (tertiary/aromatic N) is 1. The molecule has 1 aliphatic rings. The van der Waals surface area contributed by atoms with Crippen molar-refractivity contribution in [3.05, 3.63) is 42.0 Å². The third-order valence-corrected chi connectivity index (χ3v) is 6.33. The molecule has 6 amide bonds. The molecule has 0 spiro atoms. The van der Waals surface area contributed by atoms with Crippen molar-refractivity contribution < 1.29 is 33.5 Å². The third kappa shape index (κ3) is 11.2. The summed E-state index contributed by atoms with van der Waals surface area (Å²) < 4.78 is 5.35. The molecule has 1 aromatic rings. The molecule has 0 unspecified atom stereocenters. The predicted octanol–water partition coefficient (Wildman–Crippen LogP) is 1.19. The molecule has 0 saturated heterocycles. The largest absolute Gasteiger partial charge is 0.460 e. The summed E-state index contributed by atoms with van der Waals surface area (Å²) in [7, 11) is 0. The van der Waals surface area contributed by atoms with Crippen LogP contribution in [-0.4, -0.2) is 72.2 Å². The van der Waals surface area contributed by atoms with Gasteiger partial charge in [0, 0.05) is 37.0 Å². The molecule has 1 aromatic carbocycles. The molecule has 0 radical (unpaired) electrons. The molecule has 0 saturated carbocycles. The normalized spacial score (nSPS) is 14.4. The van der Waals surface area contributed by atoms with Crippen molar-refractivity contribution in [2.45, 2.75) is 66.2 Å². The van der Waals surface area contributed by atoms with Gasteiger partial charge in [0.15, 0.2) is 0 Å². The van der Waals surface area contributed by atoms with E-state index in [4.69, 9.17) is 10.5 Å². The molecule has 1 heterocycles. The maximum Gasteiger partial charge on any atom is 0.312 e. The minimum absolute atomic E-state index is 0.154. The van der Waals surface area contributed by atoms with E-state index in [1.54, 1.807) is 34.6 Å². The van der Waals surface area contributed by atoms with Gasteiger partial charge in [0.2, 0.25) is 11.8 Å². The molecule has 2 atom stereocenters. The highest BCUT2D eigenvalue weighted by atomic mass is 16.5. The molecular weight excluding hydrogens is 544 g/mol. The van der Waals surface area contributed by atoms with Crippen LogP contribution in [-0.2, 0) is 35.3 Å². The van der Waals surface area contributed by atoms with Gasteiger partial charge in [0.25, 0.3) is 11.8 Å². The van der Waals surface area contributed by atoms with Gasteiger partial charge in [-0.2, -0.15) is 0 Å². The maximum atomic E-state index is 13.2. The second-order valence-electron chi connectivity index (χ2n) is 11.4. The topological polar surface area (TPSA) is 189 Å². The van der Waals surface area contributed by atoms with Crippen LogP contribution in [0.25, 0.3) is 0 Å². The van der Waals surface area contributed by atoms with E-state index in [2.05, 4.69) is 21.3 Å². The Morgan fingerprint density at radius 1 is 0.976 bits per heavy atom. The van der Waals surface area contributed by atoms with Crippen molar-refractivity contribution in [1.29, 1.82) is 0 Å². The second kappa shape index (κ2) is 15.5. The highest BCUT2D eigenvalue weighted by Crippen LogP contribution is 2.17. The standard InChI is InChI=1S/C29H42N6O7/c1-18(2)25(34-22(36)16-35-23(37)12-13-24(35)38)26(39)33-21(7-6-14-31-28(30)41)15-32-20-10-8-19(9-11-20)17-42-27(40)29(3,4)5/h8-13,18,21,25,32H,6-7,14-17H2,1-5H3,(H,33,39)(H,34,36)(H3,30,31,41)/t21-,25-/m1/s1. The monoisotopic (exact) mass is 586 g/mol. The first-order valence-corrected chi connectivity index (χ1v) is 13.8. The van der Waals surface area contributed by atoms with Crippen molar-refractivity contribution in [3.63, 3.8) is 0 Å². The lowest BCUT2D eigenvalue weighted by Crippen LogP contribution is -2.55. The summed E-state index contributed by atoms with van der Waals surface area (Å²) in [5, 5.41) is 11.4. The van der Waals surface area contributed by atoms with Crippen molar-refractivity contribution in [2.75, 3.05) is 25.0 Å². The third-order valence-electron chi connectivity index (χ3n) is 6.33. The smallest absolute Gasteiger partial charge is 0.312 e. The molecule has 0 fully saturated rings. The number of imide groups is 1. The van der Waals surface area contributed by atoms with Crippen LogP contribution in [0.4, 0.5) is 10.5 Å². The van der Waals surface area contributed by atoms with Crippen molar-refractivity contribution >= 4 is 41.3 Å². The fourth-order valence-corrected chi connectivity index (χ4v) is 3.89. The number of hydrogen-bond donors (Lipinski definition) is 5. The van der Waals surface area contributed by atoms with Gasteiger partial charge < -0.3 is 31.7 Å². The Bertz CT molecular complexity index is 1160. The van der Waals surface area contributed by atoms with Crippen LogP contribution in [0, 0.1) is 11.3 Å². The number of rotatable bonds is 15. The van der Waals surface area contributed by atoms with Crippen molar-refractivity contribution in [1.82, 2.24) is 20.9 Å². The van der Waals surface area contributed by atoms with E-state index in [-0.39, 0.29) is 24.5 Å². The molecule has 230 valence electrons. The minimum Gasteiger partial charge on any atom is -0.460 e. The molecular formula is C29H42N6O7. The molecule has 1 aliphatic heterocycles. The number of benzene rings is 1. The number of carbonyl (C=O) groups excluding carboxylic acids is 6. The zero-order chi connectivity index (χ0) is 31.4. The van der Waals surface area contributed by atoms with E-state index in [1.807, 2.05) is 24.3 Å². The molecule has 2 rings (SSSR count). The minimum atomic E-state index is -0.917. The number of urea groups is 1. The summed E-state index contributed by atoms with van der Waals surface area (Å²) >= 11 is 0. The van der Waals surface area contributed by atoms with Crippen LogP contribution in [0.5, 0.6) is 0 Å². The molecule has 0 aromatic heterocycles. The van der Waals surface area contributed by atoms with Gasteiger partial charge in [0.05, 0.1) is 5.41 Å². The van der Waals surface area contributed by atoms with Gasteiger partial charge in [-0.05, 0) is 57.2 Å². The van der Waals surface area contributed by atoms with E-state index < -0.39 is 47.7 Å². The van der Waals surface area contributed by atoms with Crippen LogP contribution in [0.15, 0.2) is 36.4 Å². The Hall–Kier alpha value is -4.42. The van der Waals surface area contributed by atoms with E-state index in [9.17, 15) is 28.8 Å². The van der Waals surface area contributed by atoms with Crippen LogP contribution in [0.1, 0.15) is 53.0 Å². The molecule has 0 bridgehead atoms. The molecule has 0 aliphatic carbocycles. The fraction of sp³-hybridized carbons (Fsp3) is 0.517. The summed E-state index contributed by atoms with van der Waals surface area (Å²) in [5.41, 5.74) is 6.15. The van der Waals surface area contributed by atoms with Gasteiger partial charge in [-0.25, -0.2) is 4.79 Å². The van der Waals surface area contributed by atoms with Gasteiger partial charge in [0.1, 0.15) is 19.2 Å².